The third-order valence-electron chi connectivity index (χ3n) is 6.75. The summed E-state index contributed by atoms with van der Waals surface area (Å²) in [6.07, 6.45) is 0.709. The normalized spacial score (nSPS) is 18.8. The summed E-state index contributed by atoms with van der Waals surface area (Å²) in [4.78, 5) is 30.0. The summed E-state index contributed by atoms with van der Waals surface area (Å²) in [6.45, 7) is 6.02. The van der Waals surface area contributed by atoms with E-state index in [4.69, 9.17) is 9.84 Å². The first-order valence-corrected chi connectivity index (χ1v) is 13.4. The molecule has 0 unspecified atom stereocenters. The third kappa shape index (κ3) is 5.50. The van der Waals surface area contributed by atoms with Crippen LogP contribution in [-0.2, 0) is 9.59 Å². The maximum absolute atomic E-state index is 12.9. The minimum Gasteiger partial charge on any atom is -0.497 e. The minimum atomic E-state index is -0.592. The Morgan fingerprint density at radius 3 is 2.42 bits per heavy atom. The second kappa shape index (κ2) is 10.8. The molecule has 1 N–H and O–H groups in total. The number of hydrogen-bond donors (Lipinski definition) is 1. The Morgan fingerprint density at radius 2 is 1.74 bits per heavy atom. The summed E-state index contributed by atoms with van der Waals surface area (Å²) in [5.41, 5.74) is 7.06. The van der Waals surface area contributed by atoms with Crippen LogP contribution >= 0.6 is 11.8 Å². The molecule has 0 fully saturated rings. The fourth-order valence-corrected chi connectivity index (χ4v) is 5.68. The zero-order valence-corrected chi connectivity index (χ0v) is 22.7. The molecule has 0 aliphatic carbocycles. The molecule has 0 saturated carbocycles. The van der Waals surface area contributed by atoms with Gasteiger partial charge in [0, 0.05) is 18.5 Å². The number of ether oxygens (including phenoxy) is 1. The summed E-state index contributed by atoms with van der Waals surface area (Å²) in [5.74, 6) is 0.250. The van der Waals surface area contributed by atoms with Gasteiger partial charge in [0.25, 0.3) is 5.91 Å². The molecule has 38 heavy (non-hydrogen) atoms. The van der Waals surface area contributed by atoms with Crippen LogP contribution < -0.4 is 10.1 Å². The van der Waals surface area contributed by atoms with E-state index in [1.165, 1.54) is 17.3 Å². The van der Waals surface area contributed by atoms with E-state index in [-0.39, 0.29) is 24.3 Å². The van der Waals surface area contributed by atoms with E-state index in [2.05, 4.69) is 41.5 Å². The van der Waals surface area contributed by atoms with E-state index >= 15 is 0 Å². The molecule has 3 aromatic rings. The van der Waals surface area contributed by atoms with Gasteiger partial charge >= 0.3 is 0 Å². The molecule has 0 aromatic heterocycles. The van der Waals surface area contributed by atoms with Crippen molar-refractivity contribution >= 4 is 40.1 Å². The van der Waals surface area contributed by atoms with Crippen molar-refractivity contribution in [3.63, 3.8) is 0 Å². The monoisotopic (exact) mass is 526 g/mol. The molecule has 8 heteroatoms. The van der Waals surface area contributed by atoms with Crippen LogP contribution in [0.5, 0.6) is 5.75 Å². The van der Waals surface area contributed by atoms with Gasteiger partial charge in [0.15, 0.2) is 5.17 Å². The summed E-state index contributed by atoms with van der Waals surface area (Å²) in [5, 5.41) is 9.62. The number of anilines is 1. The van der Waals surface area contributed by atoms with Crippen LogP contribution in [0.15, 0.2) is 76.8 Å². The molecule has 2 atom stereocenters. The lowest BCUT2D eigenvalue weighted by molar-refractivity contribution is -0.121. The standard InChI is InChI=1S/C30H30N4O3S/c1-18-5-8-21(9-6-18)25-16-26(22-10-12-23(37-4)13-11-22)34(33-25)30-32-29(36)27(38-30)17-28(35)31-24-14-7-19(2)15-20(24)3/h5-15,26-27H,16-17H2,1-4H3,(H,31,35)/t26-,27-/m1/s1. The van der Waals surface area contributed by atoms with Crippen molar-refractivity contribution in [1.82, 2.24) is 5.01 Å². The van der Waals surface area contributed by atoms with E-state index < -0.39 is 5.25 Å². The smallest absolute Gasteiger partial charge is 0.262 e. The van der Waals surface area contributed by atoms with Gasteiger partial charge in [-0.1, -0.05) is 71.4 Å². The molecule has 2 amide bonds. The van der Waals surface area contributed by atoms with Gasteiger partial charge in [0.1, 0.15) is 11.0 Å². The molecule has 2 aliphatic heterocycles. The number of benzene rings is 3. The summed E-state index contributed by atoms with van der Waals surface area (Å²) in [7, 11) is 1.64. The van der Waals surface area contributed by atoms with Crippen molar-refractivity contribution in [3.05, 3.63) is 94.5 Å². The van der Waals surface area contributed by atoms with Crippen molar-refractivity contribution in [1.29, 1.82) is 0 Å². The second-order valence-electron chi connectivity index (χ2n) is 9.66. The average Bonchev–Trinajstić information content (AvgIpc) is 3.50. The number of carbonyl (C=O) groups is 2. The number of aryl methyl sites for hydroxylation is 3. The van der Waals surface area contributed by atoms with E-state index in [0.29, 0.717) is 11.6 Å². The van der Waals surface area contributed by atoms with Gasteiger partial charge in [-0.25, -0.2) is 5.01 Å². The molecular weight excluding hydrogens is 496 g/mol. The van der Waals surface area contributed by atoms with Gasteiger partial charge in [0.2, 0.25) is 5.91 Å². The third-order valence-corrected chi connectivity index (χ3v) is 7.89. The fourth-order valence-electron chi connectivity index (χ4n) is 4.62. The quantitative estimate of drug-likeness (QED) is 0.439. The largest absolute Gasteiger partial charge is 0.497 e. The van der Waals surface area contributed by atoms with E-state index in [1.54, 1.807) is 7.11 Å². The van der Waals surface area contributed by atoms with Crippen molar-refractivity contribution in [2.75, 3.05) is 12.4 Å². The van der Waals surface area contributed by atoms with Crippen molar-refractivity contribution in [3.8, 4) is 5.75 Å². The number of aliphatic imine (C=N–C) groups is 1. The maximum atomic E-state index is 12.9. The van der Waals surface area contributed by atoms with Gasteiger partial charge in [-0.2, -0.15) is 10.1 Å². The van der Waals surface area contributed by atoms with Gasteiger partial charge in [0.05, 0.1) is 18.9 Å². The van der Waals surface area contributed by atoms with Crippen molar-refractivity contribution in [2.45, 2.75) is 44.9 Å². The zero-order chi connectivity index (χ0) is 26.8. The fraction of sp³-hybridized carbons (Fsp3) is 0.267. The molecule has 0 saturated heterocycles. The number of amidine groups is 1. The number of rotatable bonds is 6. The number of hydrazone groups is 1. The molecule has 0 spiro atoms. The topological polar surface area (TPSA) is 83.4 Å². The molecule has 0 bridgehead atoms. The van der Waals surface area contributed by atoms with E-state index in [9.17, 15) is 9.59 Å². The molecule has 194 valence electrons. The Morgan fingerprint density at radius 1 is 1.03 bits per heavy atom. The molecule has 5 rings (SSSR count). The highest BCUT2D eigenvalue weighted by Crippen LogP contribution is 2.39. The highest BCUT2D eigenvalue weighted by atomic mass is 32.2. The number of methoxy groups -OCH3 is 1. The van der Waals surface area contributed by atoms with Crippen LogP contribution in [-0.4, -0.2) is 40.1 Å². The van der Waals surface area contributed by atoms with Crippen LogP contribution in [0.2, 0.25) is 0 Å². The predicted octanol–water partition coefficient (Wildman–Crippen LogP) is 5.80. The molecular formula is C30H30N4O3S. The van der Waals surface area contributed by atoms with Gasteiger partial charge in [-0.15, -0.1) is 0 Å². The molecule has 7 nitrogen and oxygen atoms in total. The Balaban J connectivity index is 1.35. The van der Waals surface area contributed by atoms with Gasteiger partial charge in [-0.05, 0) is 55.7 Å². The number of carbonyl (C=O) groups excluding carboxylic acids is 2. The van der Waals surface area contributed by atoms with Crippen molar-refractivity contribution < 1.29 is 14.3 Å². The zero-order valence-electron chi connectivity index (χ0n) is 21.9. The van der Waals surface area contributed by atoms with Crippen LogP contribution in [0, 0.1) is 20.8 Å². The van der Waals surface area contributed by atoms with Gasteiger partial charge in [-0.3, -0.25) is 9.59 Å². The molecule has 2 heterocycles. The summed E-state index contributed by atoms with van der Waals surface area (Å²) in [6, 6.07) is 21.9. The van der Waals surface area contributed by atoms with Crippen LogP contribution in [0.3, 0.4) is 0 Å². The number of nitrogens with zero attached hydrogens (tertiary/aromatic N) is 3. The second-order valence-corrected chi connectivity index (χ2v) is 10.8. The minimum absolute atomic E-state index is 0.0411. The SMILES string of the molecule is COc1ccc([C@H]2CC(c3ccc(C)cc3)=NN2C2=NC(=O)[C@@H](CC(=O)Nc3ccc(C)cc3C)S2)cc1. The lowest BCUT2D eigenvalue weighted by Crippen LogP contribution is -2.25. The lowest BCUT2D eigenvalue weighted by atomic mass is 9.98. The van der Waals surface area contributed by atoms with Crippen molar-refractivity contribution in [2.24, 2.45) is 10.1 Å². The predicted molar refractivity (Wildman–Crippen MR) is 153 cm³/mol. The van der Waals surface area contributed by atoms with Crippen LogP contribution in [0.25, 0.3) is 0 Å². The first-order valence-electron chi connectivity index (χ1n) is 12.5. The average molecular weight is 527 g/mol. The van der Waals surface area contributed by atoms with Crippen LogP contribution in [0.1, 0.15) is 46.7 Å². The van der Waals surface area contributed by atoms with E-state index in [0.717, 1.165) is 39.4 Å². The highest BCUT2D eigenvalue weighted by Gasteiger charge is 2.39. The first-order chi connectivity index (χ1) is 18.3. The molecule has 0 radical (unpaired) electrons. The Hall–Kier alpha value is -3.91. The maximum Gasteiger partial charge on any atom is 0.262 e. The number of hydrogen-bond acceptors (Lipinski definition) is 6. The number of nitrogens with one attached hydrogen (secondary N) is 1. The Labute approximate surface area is 227 Å². The van der Waals surface area contributed by atoms with Gasteiger partial charge < -0.3 is 10.1 Å². The molecule has 2 aliphatic rings. The summed E-state index contributed by atoms with van der Waals surface area (Å²) >= 11 is 1.30. The first kappa shape index (κ1) is 25.7. The van der Waals surface area contributed by atoms with E-state index in [1.807, 2.05) is 61.3 Å². The molecule has 3 aromatic carbocycles. The summed E-state index contributed by atoms with van der Waals surface area (Å²) < 4.78 is 5.33. The number of amides is 2. The highest BCUT2D eigenvalue weighted by molar-refractivity contribution is 8.15. The van der Waals surface area contributed by atoms with Crippen LogP contribution in [0.4, 0.5) is 5.69 Å². The number of thioether (sulfide) groups is 1. The Bertz CT molecular complexity index is 1430. The Kier molecular flexibility index (Phi) is 7.33. The lowest BCUT2D eigenvalue weighted by Gasteiger charge is -2.23.